The van der Waals surface area contributed by atoms with E-state index in [0.717, 1.165) is 11.1 Å². The van der Waals surface area contributed by atoms with Gasteiger partial charge in [-0.1, -0.05) is 24.3 Å². The van der Waals surface area contributed by atoms with E-state index in [1.165, 1.54) is 0 Å². The minimum absolute atomic E-state index is 0.0377. The van der Waals surface area contributed by atoms with Gasteiger partial charge in [0.05, 0.1) is 0 Å². The Hall–Kier alpha value is -1.42. The first-order valence-electron chi connectivity index (χ1n) is 4.83. The van der Waals surface area contributed by atoms with Crippen LogP contribution in [-0.4, -0.2) is 28.7 Å². The predicted molar refractivity (Wildman–Crippen MR) is 53.1 cm³/mol. The van der Waals surface area contributed by atoms with Crippen LogP contribution in [0.15, 0.2) is 24.3 Å². The number of carboxylic acids is 1. The summed E-state index contributed by atoms with van der Waals surface area (Å²) in [5, 5.41) is 8.46. The van der Waals surface area contributed by atoms with E-state index in [-0.39, 0.29) is 6.54 Å². The molecule has 1 heterocycles. The average molecular weight is 209 g/mol. The molecule has 1 aliphatic heterocycles. The number of alkyl halides is 1. The zero-order chi connectivity index (χ0) is 10.8. The second kappa shape index (κ2) is 3.98. The molecule has 1 unspecified atom stereocenters. The van der Waals surface area contributed by atoms with Crippen molar-refractivity contribution >= 4 is 5.97 Å². The summed E-state index contributed by atoms with van der Waals surface area (Å²) >= 11 is 0. The van der Waals surface area contributed by atoms with E-state index < -0.39 is 12.1 Å². The van der Waals surface area contributed by atoms with Crippen LogP contribution >= 0.6 is 0 Å². The first-order chi connectivity index (χ1) is 7.16. The Morgan fingerprint density at radius 3 is 2.40 bits per heavy atom. The van der Waals surface area contributed by atoms with Gasteiger partial charge in [-0.05, 0) is 11.1 Å². The fraction of sp³-hybridized carbons (Fsp3) is 0.364. The van der Waals surface area contributed by atoms with E-state index in [2.05, 4.69) is 0 Å². The van der Waals surface area contributed by atoms with E-state index in [0.29, 0.717) is 13.1 Å². The maximum Gasteiger partial charge on any atom is 0.339 e. The molecule has 1 N–H and O–H groups in total. The standard InChI is InChI=1S/C11H12FNO2/c12-10(11(14)15)7-13-5-8-3-1-2-4-9(8)6-13/h1-4,10H,5-7H2,(H,14,15). The van der Waals surface area contributed by atoms with Crippen molar-refractivity contribution < 1.29 is 14.3 Å². The summed E-state index contributed by atoms with van der Waals surface area (Å²) in [5.74, 6) is -1.38. The molecule has 15 heavy (non-hydrogen) atoms. The summed E-state index contributed by atoms with van der Waals surface area (Å²) in [6, 6.07) is 7.85. The van der Waals surface area contributed by atoms with Gasteiger partial charge in [-0.3, -0.25) is 4.90 Å². The molecule has 0 spiro atoms. The summed E-state index contributed by atoms with van der Waals surface area (Å²) in [4.78, 5) is 12.2. The lowest BCUT2D eigenvalue weighted by atomic mass is 10.1. The molecule has 0 aromatic heterocycles. The Balaban J connectivity index is 1.99. The minimum Gasteiger partial charge on any atom is -0.479 e. The van der Waals surface area contributed by atoms with Crippen molar-refractivity contribution in [3.63, 3.8) is 0 Å². The molecule has 2 rings (SSSR count). The van der Waals surface area contributed by atoms with E-state index >= 15 is 0 Å². The number of benzene rings is 1. The Morgan fingerprint density at radius 2 is 1.93 bits per heavy atom. The van der Waals surface area contributed by atoms with E-state index in [4.69, 9.17) is 5.11 Å². The number of carboxylic acid groups (broad SMARTS) is 1. The summed E-state index contributed by atoms with van der Waals surface area (Å²) in [7, 11) is 0. The monoisotopic (exact) mass is 209 g/mol. The molecule has 3 nitrogen and oxygen atoms in total. The third-order valence-electron chi connectivity index (χ3n) is 2.59. The maximum atomic E-state index is 13.0. The van der Waals surface area contributed by atoms with Gasteiger partial charge in [-0.25, -0.2) is 9.18 Å². The summed E-state index contributed by atoms with van der Waals surface area (Å²) in [6.07, 6.45) is -1.79. The highest BCUT2D eigenvalue weighted by Gasteiger charge is 2.24. The number of aliphatic carboxylic acids is 1. The van der Waals surface area contributed by atoms with Gasteiger partial charge in [0.15, 0.2) is 0 Å². The number of carbonyl (C=O) groups is 1. The van der Waals surface area contributed by atoms with Gasteiger partial charge in [-0.15, -0.1) is 0 Å². The van der Waals surface area contributed by atoms with Crippen LogP contribution in [0.2, 0.25) is 0 Å². The molecular weight excluding hydrogens is 197 g/mol. The van der Waals surface area contributed by atoms with Crippen molar-refractivity contribution in [2.75, 3.05) is 6.54 Å². The van der Waals surface area contributed by atoms with Gasteiger partial charge in [0.25, 0.3) is 0 Å². The van der Waals surface area contributed by atoms with Gasteiger partial charge in [-0.2, -0.15) is 0 Å². The van der Waals surface area contributed by atoms with Crippen LogP contribution in [0.4, 0.5) is 4.39 Å². The number of fused-ring (bicyclic) bond motifs is 1. The number of hydrogen-bond acceptors (Lipinski definition) is 2. The molecule has 1 aliphatic rings. The number of rotatable bonds is 3. The van der Waals surface area contributed by atoms with Crippen LogP contribution in [0.1, 0.15) is 11.1 Å². The van der Waals surface area contributed by atoms with Crippen LogP contribution in [0.3, 0.4) is 0 Å². The molecular formula is C11H12FNO2. The summed E-state index contributed by atoms with van der Waals surface area (Å²) in [5.41, 5.74) is 2.32. The van der Waals surface area contributed by atoms with Crippen molar-refractivity contribution in [2.45, 2.75) is 19.3 Å². The van der Waals surface area contributed by atoms with Crippen LogP contribution in [0.5, 0.6) is 0 Å². The predicted octanol–water partition coefficient (Wildman–Crippen LogP) is 1.42. The molecule has 1 atom stereocenters. The molecule has 80 valence electrons. The average Bonchev–Trinajstić information content (AvgIpc) is 2.59. The maximum absolute atomic E-state index is 13.0. The SMILES string of the molecule is O=C(O)C(F)CN1Cc2ccccc2C1. The van der Waals surface area contributed by atoms with Gasteiger partial charge in [0, 0.05) is 19.6 Å². The van der Waals surface area contributed by atoms with Crippen LogP contribution < -0.4 is 0 Å². The lowest BCUT2D eigenvalue weighted by molar-refractivity contribution is -0.143. The van der Waals surface area contributed by atoms with E-state index in [1.54, 1.807) is 0 Å². The van der Waals surface area contributed by atoms with Crippen LogP contribution in [0, 0.1) is 0 Å². The first kappa shape index (κ1) is 10.1. The van der Waals surface area contributed by atoms with Gasteiger partial charge in [0.1, 0.15) is 0 Å². The lowest BCUT2D eigenvalue weighted by Crippen LogP contribution is -2.30. The molecule has 0 aliphatic carbocycles. The first-order valence-corrected chi connectivity index (χ1v) is 4.83. The highest BCUT2D eigenvalue weighted by molar-refractivity contribution is 5.72. The molecule has 0 fully saturated rings. The normalized spacial score (nSPS) is 17.4. The number of hydrogen-bond donors (Lipinski definition) is 1. The van der Waals surface area contributed by atoms with Crippen molar-refractivity contribution in [3.8, 4) is 0 Å². The smallest absolute Gasteiger partial charge is 0.339 e. The van der Waals surface area contributed by atoms with Gasteiger partial charge < -0.3 is 5.11 Å². The second-order valence-corrected chi connectivity index (χ2v) is 3.74. The zero-order valence-electron chi connectivity index (χ0n) is 8.19. The highest BCUT2D eigenvalue weighted by Crippen LogP contribution is 2.22. The van der Waals surface area contributed by atoms with Crippen LogP contribution in [-0.2, 0) is 17.9 Å². The van der Waals surface area contributed by atoms with Crippen LogP contribution in [0.25, 0.3) is 0 Å². The molecule has 1 aromatic rings. The Labute approximate surface area is 87.1 Å². The third-order valence-corrected chi connectivity index (χ3v) is 2.59. The highest BCUT2D eigenvalue weighted by atomic mass is 19.1. The zero-order valence-corrected chi connectivity index (χ0v) is 8.19. The van der Waals surface area contributed by atoms with Crippen molar-refractivity contribution in [3.05, 3.63) is 35.4 Å². The van der Waals surface area contributed by atoms with Crippen molar-refractivity contribution in [2.24, 2.45) is 0 Å². The number of nitrogens with zero attached hydrogens (tertiary/aromatic N) is 1. The Bertz CT molecular complexity index is 356. The van der Waals surface area contributed by atoms with Gasteiger partial charge >= 0.3 is 5.97 Å². The Kier molecular flexibility index (Phi) is 2.68. The lowest BCUT2D eigenvalue weighted by Gasteiger charge is -2.15. The largest absolute Gasteiger partial charge is 0.479 e. The van der Waals surface area contributed by atoms with Crippen molar-refractivity contribution in [1.82, 2.24) is 4.90 Å². The minimum atomic E-state index is -1.79. The molecule has 0 saturated heterocycles. The molecule has 0 radical (unpaired) electrons. The topological polar surface area (TPSA) is 40.5 Å². The second-order valence-electron chi connectivity index (χ2n) is 3.74. The molecule has 0 bridgehead atoms. The van der Waals surface area contributed by atoms with Gasteiger partial charge in [0.2, 0.25) is 6.17 Å². The fourth-order valence-corrected chi connectivity index (χ4v) is 1.84. The van der Waals surface area contributed by atoms with E-state index in [1.807, 2.05) is 29.2 Å². The number of halogens is 1. The molecule has 1 aromatic carbocycles. The molecule has 0 saturated carbocycles. The Morgan fingerprint density at radius 1 is 1.40 bits per heavy atom. The fourth-order valence-electron chi connectivity index (χ4n) is 1.84. The summed E-state index contributed by atoms with van der Waals surface area (Å²) < 4.78 is 13.0. The summed E-state index contributed by atoms with van der Waals surface area (Å²) in [6.45, 7) is 1.25. The quantitative estimate of drug-likeness (QED) is 0.818. The van der Waals surface area contributed by atoms with E-state index in [9.17, 15) is 9.18 Å². The van der Waals surface area contributed by atoms with Crippen molar-refractivity contribution in [1.29, 1.82) is 0 Å². The molecule has 4 heteroatoms. The molecule has 0 amide bonds. The third kappa shape index (κ3) is 2.15.